The summed E-state index contributed by atoms with van der Waals surface area (Å²) in [5, 5.41) is 0. The van der Waals surface area contributed by atoms with Gasteiger partial charge in [0.05, 0.1) is 0 Å². The highest BCUT2D eigenvalue weighted by molar-refractivity contribution is 7.45. The number of nitrogens with zero attached hydrogens (tertiary/aromatic N) is 1. The first-order valence-electron chi connectivity index (χ1n) is 26.8. The highest BCUT2D eigenvalue weighted by Gasteiger charge is 2.18. The van der Waals surface area contributed by atoms with Crippen LogP contribution in [0.3, 0.4) is 0 Å². The van der Waals surface area contributed by atoms with Crippen LogP contribution in [0.15, 0.2) is 0 Å². The molecule has 58 heavy (non-hydrogen) atoms. The van der Waals surface area contributed by atoms with Gasteiger partial charge in [-0.05, 0) is 38.8 Å². The quantitative estimate of drug-likeness (QED) is 0.0420. The molecule has 0 saturated carbocycles. The predicted octanol–water partition coefficient (Wildman–Crippen LogP) is 18.4. The van der Waals surface area contributed by atoms with E-state index < -0.39 is 7.82 Å². The van der Waals surface area contributed by atoms with Crippen molar-refractivity contribution in [3.63, 3.8) is 0 Å². The van der Waals surface area contributed by atoms with E-state index in [-0.39, 0.29) is 0 Å². The lowest BCUT2D eigenvalue weighted by molar-refractivity contribution is 0.163. The van der Waals surface area contributed by atoms with Crippen LogP contribution in [-0.2, 0) is 4.57 Å². The highest BCUT2D eigenvalue weighted by atomic mass is 31.2. The fraction of sp³-hybridized carbons (Fsp3) is 1.00. The Balaban J connectivity index is 0. The highest BCUT2D eigenvalue weighted by Crippen LogP contribution is 2.26. The summed E-state index contributed by atoms with van der Waals surface area (Å²) in [6.45, 7) is 12.1. The fourth-order valence-corrected chi connectivity index (χ4v) is 8.86. The van der Waals surface area contributed by atoms with Crippen molar-refractivity contribution < 1.29 is 19.2 Å². The zero-order valence-corrected chi connectivity index (χ0v) is 41.4. The monoisotopic (exact) mass is 844 g/mol. The molecule has 352 valence electrons. The van der Waals surface area contributed by atoms with E-state index in [0.717, 1.165) is 6.04 Å². The Bertz CT molecular complexity index is 768. The lowest BCUT2D eigenvalue weighted by Gasteiger charge is -2.32. The van der Waals surface area contributed by atoms with Crippen LogP contribution in [-0.4, -0.2) is 38.7 Å². The van der Waals surface area contributed by atoms with E-state index in [1.807, 2.05) is 0 Å². The van der Waals surface area contributed by atoms with Gasteiger partial charge in [-0.1, -0.05) is 291 Å². The molecule has 0 aromatic rings. The molecule has 0 radical (unpaired) electrons. The Hall–Kier alpha value is 0.0700. The third kappa shape index (κ3) is 56.1. The van der Waals surface area contributed by atoms with Gasteiger partial charge in [0.25, 0.3) is 0 Å². The van der Waals surface area contributed by atoms with Crippen LogP contribution in [0.4, 0.5) is 0 Å². The number of phosphoric acid groups is 1. The molecule has 0 amide bonds. The molecule has 0 aromatic carbocycles. The summed E-state index contributed by atoms with van der Waals surface area (Å²) in [5.41, 5.74) is 0. The van der Waals surface area contributed by atoms with Crippen molar-refractivity contribution in [2.45, 2.75) is 323 Å². The van der Waals surface area contributed by atoms with Crippen molar-refractivity contribution >= 4 is 7.82 Å². The Morgan fingerprint density at radius 1 is 0.293 bits per heavy atom. The molecule has 0 bridgehead atoms. The van der Waals surface area contributed by atoms with Crippen molar-refractivity contribution in [3.8, 4) is 0 Å². The summed E-state index contributed by atoms with van der Waals surface area (Å²) in [6, 6.07) is 0.857. The molecule has 0 spiro atoms. The first-order chi connectivity index (χ1) is 28.3. The second kappa shape index (κ2) is 51.4. The van der Waals surface area contributed by atoms with Crippen molar-refractivity contribution in [2.24, 2.45) is 0 Å². The lowest BCUT2D eigenvalue weighted by atomic mass is 9.97. The van der Waals surface area contributed by atoms with Gasteiger partial charge in [0, 0.05) is 6.04 Å². The first kappa shape index (κ1) is 60.2. The molecule has 0 fully saturated rings. The topological polar surface area (TPSA) is 81.0 Å². The average molecular weight is 844 g/mol. The van der Waals surface area contributed by atoms with Crippen LogP contribution >= 0.6 is 7.82 Å². The zero-order valence-electron chi connectivity index (χ0n) is 40.5. The Morgan fingerprint density at radius 2 is 0.448 bits per heavy atom. The van der Waals surface area contributed by atoms with Gasteiger partial charge in [-0.15, -0.1) is 0 Å². The molecule has 0 rings (SSSR count). The minimum Gasteiger partial charge on any atom is -0.303 e. The van der Waals surface area contributed by atoms with E-state index in [1.165, 1.54) is 302 Å². The molecule has 1 unspecified atom stereocenters. The fourth-order valence-electron chi connectivity index (χ4n) is 8.86. The van der Waals surface area contributed by atoms with Crippen molar-refractivity contribution in [1.29, 1.82) is 0 Å². The lowest BCUT2D eigenvalue weighted by Crippen LogP contribution is -2.37. The smallest absolute Gasteiger partial charge is 0.303 e. The molecule has 0 saturated heterocycles. The normalized spacial score (nSPS) is 12.3. The van der Waals surface area contributed by atoms with Gasteiger partial charge < -0.3 is 19.6 Å². The van der Waals surface area contributed by atoms with E-state index in [1.54, 1.807) is 0 Å². The standard InChI is InChI=1S/C52H107N.H3O4P/c1-5-9-13-17-20-22-24-26-28-30-32-34-36-38-41-45-49-52(48-44-40-16-12-8-4)53(50-46-42-19-15-11-7-3)51-47-43-39-37-35-33-31-29-27-25-23-21-18-14-10-6-2;1-5(2,3)4/h52H,5-51H2,1-4H3;(H3,1,2,3,4). The van der Waals surface area contributed by atoms with Crippen LogP contribution < -0.4 is 0 Å². The summed E-state index contributed by atoms with van der Waals surface area (Å²) in [7, 11) is -4.64. The molecule has 3 N–H and O–H groups in total. The molecule has 0 aliphatic carbocycles. The van der Waals surface area contributed by atoms with Crippen molar-refractivity contribution in [1.82, 2.24) is 4.90 Å². The molecule has 5 nitrogen and oxygen atoms in total. The van der Waals surface area contributed by atoms with Crippen LogP contribution in [0.1, 0.15) is 317 Å². The predicted molar refractivity (Wildman–Crippen MR) is 260 cm³/mol. The Morgan fingerprint density at radius 3 is 0.638 bits per heavy atom. The van der Waals surface area contributed by atoms with E-state index in [0.29, 0.717) is 0 Å². The number of unbranched alkanes of at least 4 members (excludes halogenated alkanes) is 39. The van der Waals surface area contributed by atoms with Gasteiger partial charge in [0.1, 0.15) is 0 Å². The molecule has 0 aliphatic rings. The summed E-state index contributed by atoms with van der Waals surface area (Å²) >= 11 is 0. The second-order valence-electron chi connectivity index (χ2n) is 18.6. The molecule has 0 heterocycles. The maximum Gasteiger partial charge on any atom is 0.466 e. The minimum atomic E-state index is -4.64. The van der Waals surface area contributed by atoms with Gasteiger partial charge in [0.15, 0.2) is 0 Å². The Kier molecular flexibility index (Phi) is 53.3. The third-order valence-corrected chi connectivity index (χ3v) is 12.6. The second-order valence-corrected chi connectivity index (χ2v) is 19.6. The van der Waals surface area contributed by atoms with Gasteiger partial charge in [-0.2, -0.15) is 0 Å². The van der Waals surface area contributed by atoms with Gasteiger partial charge >= 0.3 is 7.82 Å². The maximum atomic E-state index is 8.88. The molecule has 6 heteroatoms. The maximum absolute atomic E-state index is 8.88. The van der Waals surface area contributed by atoms with E-state index >= 15 is 0 Å². The van der Waals surface area contributed by atoms with E-state index in [4.69, 9.17) is 19.2 Å². The zero-order chi connectivity index (χ0) is 42.9. The summed E-state index contributed by atoms with van der Waals surface area (Å²) in [4.78, 5) is 24.6. The minimum absolute atomic E-state index is 0.857. The molecule has 0 aliphatic heterocycles. The molecular formula is C52H110NO4P. The molecule has 1 atom stereocenters. The number of hydrogen-bond donors (Lipinski definition) is 3. The van der Waals surface area contributed by atoms with Gasteiger partial charge in [-0.25, -0.2) is 4.57 Å². The van der Waals surface area contributed by atoms with Crippen molar-refractivity contribution in [3.05, 3.63) is 0 Å². The molecule has 0 aromatic heterocycles. The first-order valence-corrected chi connectivity index (χ1v) is 28.4. The van der Waals surface area contributed by atoms with Gasteiger partial charge in [0.2, 0.25) is 0 Å². The summed E-state index contributed by atoms with van der Waals surface area (Å²) in [6.07, 6.45) is 65.8. The van der Waals surface area contributed by atoms with Gasteiger partial charge in [-0.3, -0.25) is 0 Å². The summed E-state index contributed by atoms with van der Waals surface area (Å²) in [5.74, 6) is 0. The summed E-state index contributed by atoms with van der Waals surface area (Å²) < 4.78 is 8.88. The SMILES string of the molecule is CCCCCCCCCCCCCCCCCCC(CCCCCCC)N(CCCCCCCC)CCCCCCCCCCCCCCCCCC.O=P(O)(O)O. The Labute approximate surface area is 366 Å². The number of rotatable bonds is 48. The largest absolute Gasteiger partial charge is 0.466 e. The third-order valence-electron chi connectivity index (χ3n) is 12.6. The van der Waals surface area contributed by atoms with Crippen LogP contribution in [0, 0.1) is 0 Å². The molecular weight excluding hydrogens is 734 g/mol. The van der Waals surface area contributed by atoms with Crippen LogP contribution in [0.2, 0.25) is 0 Å². The van der Waals surface area contributed by atoms with E-state index in [9.17, 15) is 0 Å². The van der Waals surface area contributed by atoms with Crippen LogP contribution in [0.25, 0.3) is 0 Å². The average Bonchev–Trinajstić information content (AvgIpc) is 3.19. The number of hydrogen-bond acceptors (Lipinski definition) is 2. The van der Waals surface area contributed by atoms with E-state index in [2.05, 4.69) is 32.6 Å². The van der Waals surface area contributed by atoms with Crippen molar-refractivity contribution in [2.75, 3.05) is 13.1 Å². The van der Waals surface area contributed by atoms with Crippen LogP contribution in [0.5, 0.6) is 0 Å².